The number of aliphatic hydroxyl groups excluding tert-OH is 1. The van der Waals surface area contributed by atoms with Crippen LogP contribution in [-0.2, 0) is 11.2 Å². The first kappa shape index (κ1) is 16.6. The zero-order chi connectivity index (χ0) is 16.3. The number of ether oxygens (including phenoxy) is 2. The van der Waals surface area contributed by atoms with Gasteiger partial charge in [0.05, 0.1) is 25.9 Å². The molecule has 0 bridgehead atoms. The molecule has 1 atom stereocenters. The first-order valence-electron chi connectivity index (χ1n) is 7.59. The van der Waals surface area contributed by atoms with Crippen LogP contribution < -0.4 is 9.47 Å². The highest BCUT2D eigenvalue weighted by molar-refractivity contribution is 5.77. The van der Waals surface area contributed by atoms with Crippen molar-refractivity contribution < 1.29 is 19.4 Å². The standard InChI is InChI=1S/C17H25NO4/c1-17(2)15(19)9-10-18(17)16(20)8-6-12-5-7-13(21-3)14(11-12)22-4/h5,7,11,15,19H,6,8-10H2,1-4H3. The van der Waals surface area contributed by atoms with Crippen LogP contribution in [0.5, 0.6) is 11.5 Å². The fraction of sp³-hybridized carbons (Fsp3) is 0.588. The first-order valence-corrected chi connectivity index (χ1v) is 7.59. The molecule has 5 heteroatoms. The molecule has 1 unspecified atom stereocenters. The van der Waals surface area contributed by atoms with Gasteiger partial charge >= 0.3 is 0 Å². The van der Waals surface area contributed by atoms with E-state index in [1.54, 1.807) is 19.1 Å². The van der Waals surface area contributed by atoms with E-state index in [0.29, 0.717) is 37.3 Å². The molecule has 1 N–H and O–H groups in total. The van der Waals surface area contributed by atoms with Crippen molar-refractivity contribution in [2.24, 2.45) is 0 Å². The van der Waals surface area contributed by atoms with Crippen LogP contribution in [-0.4, -0.2) is 48.3 Å². The van der Waals surface area contributed by atoms with Crippen molar-refractivity contribution in [2.45, 2.75) is 44.8 Å². The highest BCUT2D eigenvalue weighted by Gasteiger charge is 2.42. The summed E-state index contributed by atoms with van der Waals surface area (Å²) in [5, 5.41) is 9.96. The number of benzene rings is 1. The van der Waals surface area contributed by atoms with E-state index in [1.807, 2.05) is 32.0 Å². The summed E-state index contributed by atoms with van der Waals surface area (Å²) in [6.07, 6.45) is 1.26. The van der Waals surface area contributed by atoms with Crippen LogP contribution in [0.2, 0.25) is 0 Å². The molecule has 1 aliphatic heterocycles. The number of hydrogen-bond donors (Lipinski definition) is 1. The van der Waals surface area contributed by atoms with Gasteiger partial charge in [-0.15, -0.1) is 0 Å². The predicted molar refractivity (Wildman–Crippen MR) is 84.3 cm³/mol. The van der Waals surface area contributed by atoms with Gasteiger partial charge in [0.1, 0.15) is 0 Å². The Labute approximate surface area is 131 Å². The third kappa shape index (κ3) is 3.19. The number of methoxy groups -OCH3 is 2. The average Bonchev–Trinajstić information content (AvgIpc) is 2.78. The van der Waals surface area contributed by atoms with Gasteiger partial charge in [0.15, 0.2) is 11.5 Å². The van der Waals surface area contributed by atoms with E-state index < -0.39 is 11.6 Å². The monoisotopic (exact) mass is 307 g/mol. The molecule has 1 amide bonds. The molecule has 1 heterocycles. The lowest BCUT2D eigenvalue weighted by molar-refractivity contribution is -0.136. The lowest BCUT2D eigenvalue weighted by Crippen LogP contribution is -2.48. The molecule has 5 nitrogen and oxygen atoms in total. The number of likely N-dealkylation sites (tertiary alicyclic amines) is 1. The molecule has 1 aromatic carbocycles. The molecule has 122 valence electrons. The minimum atomic E-state index is -0.477. The Morgan fingerprint density at radius 3 is 2.55 bits per heavy atom. The largest absolute Gasteiger partial charge is 0.493 e. The van der Waals surface area contributed by atoms with Gasteiger partial charge in [0.25, 0.3) is 0 Å². The zero-order valence-electron chi connectivity index (χ0n) is 13.8. The quantitative estimate of drug-likeness (QED) is 0.904. The summed E-state index contributed by atoms with van der Waals surface area (Å²) < 4.78 is 10.5. The van der Waals surface area contributed by atoms with E-state index >= 15 is 0 Å². The topological polar surface area (TPSA) is 59.0 Å². The van der Waals surface area contributed by atoms with Crippen LogP contribution in [0.4, 0.5) is 0 Å². The van der Waals surface area contributed by atoms with Gasteiger partial charge in [-0.25, -0.2) is 0 Å². The molecule has 0 spiro atoms. The minimum absolute atomic E-state index is 0.0799. The smallest absolute Gasteiger partial charge is 0.223 e. The van der Waals surface area contributed by atoms with E-state index in [-0.39, 0.29) is 5.91 Å². The summed E-state index contributed by atoms with van der Waals surface area (Å²) in [5.41, 5.74) is 0.554. The van der Waals surface area contributed by atoms with Crippen LogP contribution in [0.1, 0.15) is 32.3 Å². The third-order valence-corrected chi connectivity index (χ3v) is 4.51. The van der Waals surface area contributed by atoms with Crippen LogP contribution in [0.3, 0.4) is 0 Å². The molecule has 2 rings (SSSR count). The Bertz CT molecular complexity index is 541. The number of hydrogen-bond acceptors (Lipinski definition) is 4. The van der Waals surface area contributed by atoms with Crippen molar-refractivity contribution in [3.8, 4) is 11.5 Å². The number of amides is 1. The van der Waals surface area contributed by atoms with Crippen molar-refractivity contribution in [1.82, 2.24) is 4.90 Å². The zero-order valence-corrected chi connectivity index (χ0v) is 13.8. The Hall–Kier alpha value is -1.75. The van der Waals surface area contributed by atoms with E-state index in [4.69, 9.17) is 9.47 Å². The fourth-order valence-electron chi connectivity index (χ4n) is 2.94. The molecule has 22 heavy (non-hydrogen) atoms. The SMILES string of the molecule is COc1ccc(CCC(=O)N2CCC(O)C2(C)C)cc1OC. The highest BCUT2D eigenvalue weighted by atomic mass is 16.5. The highest BCUT2D eigenvalue weighted by Crippen LogP contribution is 2.31. The maximum atomic E-state index is 12.4. The molecule has 0 aliphatic carbocycles. The predicted octanol–water partition coefficient (Wildman–Crippen LogP) is 2.01. The molecule has 0 aromatic heterocycles. The summed E-state index contributed by atoms with van der Waals surface area (Å²) in [5.74, 6) is 1.43. The van der Waals surface area contributed by atoms with Crippen LogP contribution in [0.15, 0.2) is 18.2 Å². The second-order valence-electron chi connectivity index (χ2n) is 6.19. The molecule has 0 radical (unpaired) electrons. The van der Waals surface area contributed by atoms with Gasteiger partial charge in [-0.05, 0) is 44.4 Å². The Morgan fingerprint density at radius 1 is 1.32 bits per heavy atom. The Kier molecular flexibility index (Phi) is 4.96. The third-order valence-electron chi connectivity index (χ3n) is 4.51. The van der Waals surface area contributed by atoms with Gasteiger partial charge < -0.3 is 19.5 Å². The fourth-order valence-corrected chi connectivity index (χ4v) is 2.94. The number of carbonyl (C=O) groups is 1. The Morgan fingerprint density at radius 2 is 2.00 bits per heavy atom. The van der Waals surface area contributed by atoms with Gasteiger partial charge in [0, 0.05) is 13.0 Å². The molecule has 1 aliphatic rings. The Balaban J connectivity index is 2.00. The second-order valence-corrected chi connectivity index (χ2v) is 6.19. The number of nitrogens with zero attached hydrogens (tertiary/aromatic N) is 1. The summed E-state index contributed by atoms with van der Waals surface area (Å²) in [4.78, 5) is 14.2. The lowest BCUT2D eigenvalue weighted by Gasteiger charge is -2.33. The van der Waals surface area contributed by atoms with Crippen molar-refractivity contribution in [3.05, 3.63) is 23.8 Å². The van der Waals surface area contributed by atoms with E-state index in [1.165, 1.54) is 0 Å². The lowest BCUT2D eigenvalue weighted by atomic mass is 9.98. The molecular weight excluding hydrogens is 282 g/mol. The summed E-state index contributed by atoms with van der Waals surface area (Å²) in [6.45, 7) is 4.46. The van der Waals surface area contributed by atoms with Crippen molar-refractivity contribution >= 4 is 5.91 Å². The number of carbonyl (C=O) groups excluding carboxylic acids is 1. The van der Waals surface area contributed by atoms with Gasteiger partial charge in [0.2, 0.25) is 5.91 Å². The summed E-state index contributed by atoms with van der Waals surface area (Å²) >= 11 is 0. The first-order chi connectivity index (χ1) is 10.4. The normalized spacial score (nSPS) is 20.0. The molecule has 1 aromatic rings. The van der Waals surface area contributed by atoms with Crippen LogP contribution in [0, 0.1) is 0 Å². The summed E-state index contributed by atoms with van der Waals surface area (Å²) in [6, 6.07) is 5.69. The number of rotatable bonds is 5. The number of aryl methyl sites for hydroxylation is 1. The molecular formula is C17H25NO4. The maximum Gasteiger partial charge on any atom is 0.223 e. The van der Waals surface area contributed by atoms with Crippen molar-refractivity contribution in [1.29, 1.82) is 0 Å². The molecule has 1 fully saturated rings. The average molecular weight is 307 g/mol. The van der Waals surface area contributed by atoms with Crippen molar-refractivity contribution in [3.63, 3.8) is 0 Å². The van der Waals surface area contributed by atoms with Gasteiger partial charge in [-0.3, -0.25) is 4.79 Å². The minimum Gasteiger partial charge on any atom is -0.493 e. The van der Waals surface area contributed by atoms with Crippen molar-refractivity contribution in [2.75, 3.05) is 20.8 Å². The van der Waals surface area contributed by atoms with Crippen LogP contribution in [0.25, 0.3) is 0 Å². The number of aliphatic hydroxyl groups is 1. The van der Waals surface area contributed by atoms with Crippen LogP contribution >= 0.6 is 0 Å². The van der Waals surface area contributed by atoms with E-state index in [2.05, 4.69) is 0 Å². The molecule has 1 saturated heterocycles. The summed E-state index contributed by atoms with van der Waals surface area (Å²) in [7, 11) is 3.20. The van der Waals surface area contributed by atoms with Gasteiger partial charge in [-0.1, -0.05) is 6.07 Å². The second kappa shape index (κ2) is 6.57. The maximum absolute atomic E-state index is 12.4. The van der Waals surface area contributed by atoms with E-state index in [9.17, 15) is 9.90 Å². The van der Waals surface area contributed by atoms with E-state index in [0.717, 1.165) is 5.56 Å². The van der Waals surface area contributed by atoms with Gasteiger partial charge in [-0.2, -0.15) is 0 Å². The molecule has 0 saturated carbocycles.